The fraction of sp³-hybridized carbons (Fsp3) is 0.0667. The largest absolute Gasteiger partial charge is 0.345 e. The van der Waals surface area contributed by atoms with E-state index in [4.69, 9.17) is 11.6 Å². The minimum atomic E-state index is -1.07. The first-order valence-electron chi connectivity index (χ1n) is 6.92. The van der Waals surface area contributed by atoms with Gasteiger partial charge in [-0.15, -0.1) is 5.10 Å². The molecule has 0 atom stereocenters. The Bertz CT molecular complexity index is 926. The third-order valence-electron chi connectivity index (χ3n) is 3.28. The number of amides is 1. The van der Waals surface area contributed by atoms with Gasteiger partial charge in [-0.25, -0.2) is 13.2 Å². The molecule has 1 amide bonds. The summed E-state index contributed by atoms with van der Waals surface area (Å²) < 4.78 is 41.2. The van der Waals surface area contributed by atoms with E-state index in [1.807, 2.05) is 0 Å². The van der Waals surface area contributed by atoms with Crippen LogP contribution in [0, 0.1) is 17.5 Å². The molecule has 1 heterocycles. The highest BCUT2D eigenvalue weighted by atomic mass is 35.5. The molecule has 0 spiro atoms. The van der Waals surface area contributed by atoms with E-state index in [1.165, 1.54) is 18.2 Å². The van der Waals surface area contributed by atoms with Gasteiger partial charge in [0.25, 0.3) is 5.91 Å². The highest BCUT2D eigenvalue weighted by molar-refractivity contribution is 6.33. The first kappa shape index (κ1) is 16.9. The van der Waals surface area contributed by atoms with Crippen LogP contribution in [0.15, 0.2) is 36.4 Å². The lowest BCUT2D eigenvalue weighted by Crippen LogP contribution is -2.26. The van der Waals surface area contributed by atoms with Crippen molar-refractivity contribution < 1.29 is 18.0 Å². The van der Waals surface area contributed by atoms with Crippen LogP contribution in [0.4, 0.5) is 13.2 Å². The molecule has 10 heteroatoms. The zero-order valence-corrected chi connectivity index (χ0v) is 13.1. The lowest BCUT2D eigenvalue weighted by molar-refractivity contribution is 0.0945. The summed E-state index contributed by atoms with van der Waals surface area (Å²) >= 11 is 5.82. The van der Waals surface area contributed by atoms with Crippen LogP contribution in [0.1, 0.15) is 16.2 Å². The highest BCUT2D eigenvalue weighted by Gasteiger charge is 2.17. The van der Waals surface area contributed by atoms with E-state index < -0.39 is 23.4 Å². The van der Waals surface area contributed by atoms with E-state index in [9.17, 15) is 18.0 Å². The Morgan fingerprint density at radius 1 is 1.12 bits per heavy atom. The van der Waals surface area contributed by atoms with Crippen molar-refractivity contribution >= 4 is 17.5 Å². The fourth-order valence-corrected chi connectivity index (χ4v) is 2.34. The van der Waals surface area contributed by atoms with Crippen molar-refractivity contribution in [1.82, 2.24) is 25.5 Å². The molecule has 0 aliphatic heterocycles. The minimum absolute atomic E-state index is 0.0438. The predicted molar refractivity (Wildman–Crippen MR) is 81.7 cm³/mol. The van der Waals surface area contributed by atoms with Gasteiger partial charge in [-0.1, -0.05) is 17.7 Å². The number of nitrogens with zero attached hydrogens (tertiary/aromatic N) is 4. The van der Waals surface area contributed by atoms with Gasteiger partial charge in [-0.2, -0.15) is 4.68 Å². The molecule has 0 aliphatic carbocycles. The smallest absolute Gasteiger partial charge is 0.256 e. The van der Waals surface area contributed by atoms with E-state index in [0.29, 0.717) is 0 Å². The van der Waals surface area contributed by atoms with E-state index in [2.05, 4.69) is 20.8 Å². The van der Waals surface area contributed by atoms with E-state index in [1.54, 1.807) is 0 Å². The Labute approximate surface area is 144 Å². The number of tetrazole rings is 1. The molecule has 0 fully saturated rings. The Morgan fingerprint density at radius 3 is 2.64 bits per heavy atom. The zero-order valence-electron chi connectivity index (χ0n) is 12.4. The molecule has 128 valence electrons. The molecule has 2 aromatic carbocycles. The molecular formula is C15H9ClF3N5O. The van der Waals surface area contributed by atoms with Crippen molar-refractivity contribution in [2.75, 3.05) is 0 Å². The quantitative estimate of drug-likeness (QED) is 0.769. The predicted octanol–water partition coefficient (Wildman–Crippen LogP) is 2.66. The number of halogens is 4. The van der Waals surface area contributed by atoms with Crippen LogP contribution in [-0.2, 0) is 6.54 Å². The average Bonchev–Trinajstić information content (AvgIpc) is 3.04. The second kappa shape index (κ2) is 6.89. The van der Waals surface area contributed by atoms with Gasteiger partial charge in [0.15, 0.2) is 17.5 Å². The molecule has 3 aromatic rings. The average molecular weight is 368 g/mol. The zero-order chi connectivity index (χ0) is 18.0. The number of aromatic nitrogens is 4. The van der Waals surface area contributed by atoms with Gasteiger partial charge < -0.3 is 5.32 Å². The summed E-state index contributed by atoms with van der Waals surface area (Å²) in [7, 11) is 0. The van der Waals surface area contributed by atoms with Crippen LogP contribution < -0.4 is 5.32 Å². The Balaban J connectivity index is 1.80. The molecule has 0 radical (unpaired) electrons. The maximum Gasteiger partial charge on any atom is 0.256 e. The summed E-state index contributed by atoms with van der Waals surface area (Å²) in [5.41, 5.74) is -0.145. The first-order chi connectivity index (χ1) is 12.0. The molecule has 25 heavy (non-hydrogen) atoms. The maximum atomic E-state index is 13.7. The Kier molecular flexibility index (Phi) is 4.66. The third-order valence-corrected chi connectivity index (χ3v) is 3.59. The molecular weight excluding hydrogens is 359 g/mol. The van der Waals surface area contributed by atoms with Crippen molar-refractivity contribution in [2.45, 2.75) is 6.54 Å². The van der Waals surface area contributed by atoms with Crippen molar-refractivity contribution in [2.24, 2.45) is 0 Å². The first-order valence-corrected chi connectivity index (χ1v) is 7.30. The molecule has 0 saturated carbocycles. The standard InChI is InChI=1S/C15H9ClF3N5O/c16-9-2-1-3-11(18)14(9)15(25)20-7-13-21-22-23-24(13)8-4-5-10(17)12(19)6-8/h1-6H,7H2,(H,20,25). The summed E-state index contributed by atoms with van der Waals surface area (Å²) in [6.07, 6.45) is 0. The topological polar surface area (TPSA) is 72.7 Å². The van der Waals surface area contributed by atoms with E-state index in [0.717, 1.165) is 22.9 Å². The monoisotopic (exact) mass is 367 g/mol. The molecule has 0 saturated heterocycles. The number of carbonyl (C=O) groups excluding carboxylic acids is 1. The lowest BCUT2D eigenvalue weighted by Gasteiger charge is -2.08. The summed E-state index contributed by atoms with van der Waals surface area (Å²) in [5, 5.41) is 13.2. The Morgan fingerprint density at radius 2 is 1.92 bits per heavy atom. The van der Waals surface area contributed by atoms with Gasteiger partial charge in [0.1, 0.15) is 5.82 Å². The normalized spacial score (nSPS) is 10.7. The van der Waals surface area contributed by atoms with Crippen LogP contribution in [0.3, 0.4) is 0 Å². The van der Waals surface area contributed by atoms with Crippen molar-refractivity contribution in [3.8, 4) is 5.69 Å². The summed E-state index contributed by atoms with van der Waals surface area (Å²) in [6.45, 7) is -0.185. The van der Waals surface area contributed by atoms with Crippen molar-refractivity contribution in [1.29, 1.82) is 0 Å². The SMILES string of the molecule is O=C(NCc1nnnn1-c1ccc(F)c(F)c1)c1c(F)cccc1Cl. The number of hydrogen-bond acceptors (Lipinski definition) is 4. The fourth-order valence-electron chi connectivity index (χ4n) is 2.10. The molecule has 3 rings (SSSR count). The molecule has 0 unspecified atom stereocenters. The van der Waals surface area contributed by atoms with Crippen molar-refractivity contribution in [3.63, 3.8) is 0 Å². The van der Waals surface area contributed by atoms with Gasteiger partial charge in [0, 0.05) is 6.07 Å². The molecule has 6 nitrogen and oxygen atoms in total. The van der Waals surface area contributed by atoms with Crippen LogP contribution in [0.25, 0.3) is 5.69 Å². The number of hydrogen-bond donors (Lipinski definition) is 1. The van der Waals surface area contributed by atoms with Crippen LogP contribution in [0.2, 0.25) is 5.02 Å². The van der Waals surface area contributed by atoms with Crippen LogP contribution in [0.5, 0.6) is 0 Å². The van der Waals surface area contributed by atoms with Gasteiger partial charge in [0.2, 0.25) is 0 Å². The number of benzene rings is 2. The second-order valence-electron chi connectivity index (χ2n) is 4.88. The summed E-state index contributed by atoms with van der Waals surface area (Å²) in [5.74, 6) is -3.48. The van der Waals surface area contributed by atoms with Gasteiger partial charge in [0.05, 0.1) is 22.8 Å². The highest BCUT2D eigenvalue weighted by Crippen LogP contribution is 2.19. The van der Waals surface area contributed by atoms with Crippen molar-refractivity contribution in [3.05, 3.63) is 70.3 Å². The molecule has 0 aliphatic rings. The van der Waals surface area contributed by atoms with Crippen LogP contribution in [-0.4, -0.2) is 26.1 Å². The summed E-state index contributed by atoms with van der Waals surface area (Å²) in [6, 6.07) is 6.96. The van der Waals surface area contributed by atoms with Gasteiger partial charge in [-0.3, -0.25) is 4.79 Å². The molecule has 1 N–H and O–H groups in total. The molecule has 0 bridgehead atoms. The number of rotatable bonds is 4. The number of carbonyl (C=O) groups is 1. The summed E-state index contributed by atoms with van der Waals surface area (Å²) in [4.78, 5) is 12.1. The second-order valence-corrected chi connectivity index (χ2v) is 5.29. The minimum Gasteiger partial charge on any atom is -0.345 e. The Hall–Kier alpha value is -2.94. The van der Waals surface area contributed by atoms with E-state index in [-0.39, 0.29) is 28.6 Å². The van der Waals surface area contributed by atoms with Gasteiger partial charge >= 0.3 is 0 Å². The van der Waals surface area contributed by atoms with Crippen LogP contribution >= 0.6 is 11.6 Å². The molecule has 1 aromatic heterocycles. The van der Waals surface area contributed by atoms with Gasteiger partial charge in [-0.05, 0) is 34.7 Å². The maximum absolute atomic E-state index is 13.7. The lowest BCUT2D eigenvalue weighted by atomic mass is 10.2. The van der Waals surface area contributed by atoms with E-state index >= 15 is 0 Å². The third kappa shape index (κ3) is 3.45. The number of nitrogens with one attached hydrogen (secondary N) is 1.